The molecule has 1 aliphatic rings. The van der Waals surface area contributed by atoms with Crippen molar-refractivity contribution in [3.63, 3.8) is 0 Å². The molecule has 0 aromatic carbocycles. The molecule has 0 aromatic rings. The molecule has 2 N–H and O–H groups in total. The fourth-order valence-electron chi connectivity index (χ4n) is 1.24. The Morgan fingerprint density at radius 1 is 1.60 bits per heavy atom. The van der Waals surface area contributed by atoms with Crippen molar-refractivity contribution in [2.24, 2.45) is 0 Å². The van der Waals surface area contributed by atoms with E-state index in [4.69, 9.17) is 4.74 Å². The van der Waals surface area contributed by atoms with Crippen LogP contribution in [-0.2, 0) is 9.53 Å². The lowest BCUT2D eigenvalue weighted by molar-refractivity contribution is -0.135. The van der Waals surface area contributed by atoms with Crippen LogP contribution in [0.25, 0.3) is 0 Å². The molecule has 0 saturated carbocycles. The summed E-state index contributed by atoms with van der Waals surface area (Å²) in [5.74, 6) is -0.0101. The predicted molar refractivity (Wildman–Crippen MR) is 62.4 cm³/mol. The third-order valence-corrected chi connectivity index (χ3v) is 2.57. The van der Waals surface area contributed by atoms with Gasteiger partial charge in [0.1, 0.15) is 6.10 Å². The largest absolute Gasteiger partial charge is 0.366 e. The molecule has 0 aliphatic carbocycles. The van der Waals surface area contributed by atoms with Crippen LogP contribution in [0, 0.1) is 0 Å². The Hall–Kier alpha value is -0.320. The van der Waals surface area contributed by atoms with E-state index in [1.807, 2.05) is 13.8 Å². The first kappa shape index (κ1) is 14.7. The first-order chi connectivity index (χ1) is 6.55. The van der Waals surface area contributed by atoms with Crippen molar-refractivity contribution in [3.8, 4) is 0 Å². The number of carbonyl (C=O) groups is 1. The van der Waals surface area contributed by atoms with Crippen molar-refractivity contribution < 1.29 is 9.53 Å². The van der Waals surface area contributed by atoms with Crippen LogP contribution in [0.5, 0.6) is 0 Å². The number of halogens is 1. The molecule has 4 nitrogen and oxygen atoms in total. The van der Waals surface area contributed by atoms with Crippen molar-refractivity contribution in [2.45, 2.75) is 38.8 Å². The van der Waals surface area contributed by atoms with Crippen molar-refractivity contribution in [1.29, 1.82) is 0 Å². The van der Waals surface area contributed by atoms with E-state index in [2.05, 4.69) is 17.6 Å². The average Bonchev–Trinajstić information content (AvgIpc) is 2.19. The molecular weight excluding hydrogens is 216 g/mol. The van der Waals surface area contributed by atoms with Gasteiger partial charge in [0.25, 0.3) is 5.91 Å². The number of rotatable bonds is 3. The van der Waals surface area contributed by atoms with Gasteiger partial charge in [-0.15, -0.1) is 12.4 Å². The van der Waals surface area contributed by atoms with Gasteiger partial charge < -0.3 is 15.4 Å². The van der Waals surface area contributed by atoms with Gasteiger partial charge in [-0.1, -0.05) is 6.92 Å². The molecule has 0 radical (unpaired) electrons. The summed E-state index contributed by atoms with van der Waals surface area (Å²) in [6, 6.07) is 0. The van der Waals surface area contributed by atoms with Gasteiger partial charge in [-0.3, -0.25) is 4.79 Å². The Kier molecular flexibility index (Phi) is 6.17. The molecule has 1 atom stereocenters. The third-order valence-electron chi connectivity index (χ3n) is 2.57. The standard InChI is InChI=1S/C10H20N2O2.ClH/c1-4-10(2,3)12-9(13)8-7-11-5-6-14-8;/h8,11H,4-7H2,1-3H3,(H,12,13);1H/t8-;/m0./s1. The fraction of sp³-hybridized carbons (Fsp3) is 0.900. The molecule has 1 fully saturated rings. The van der Waals surface area contributed by atoms with Crippen molar-refractivity contribution in [2.75, 3.05) is 19.7 Å². The number of nitrogens with one attached hydrogen (secondary N) is 2. The summed E-state index contributed by atoms with van der Waals surface area (Å²) in [5, 5.41) is 6.11. The molecule has 90 valence electrons. The number of morpholine rings is 1. The zero-order valence-electron chi connectivity index (χ0n) is 9.63. The van der Waals surface area contributed by atoms with Crippen LogP contribution in [-0.4, -0.2) is 37.2 Å². The summed E-state index contributed by atoms with van der Waals surface area (Å²) in [6.07, 6.45) is 0.591. The van der Waals surface area contributed by atoms with E-state index >= 15 is 0 Å². The lowest BCUT2D eigenvalue weighted by Crippen LogP contribution is -2.53. The van der Waals surface area contributed by atoms with E-state index in [1.165, 1.54) is 0 Å². The van der Waals surface area contributed by atoms with E-state index in [0.717, 1.165) is 13.0 Å². The van der Waals surface area contributed by atoms with Crippen LogP contribution in [0.15, 0.2) is 0 Å². The zero-order chi connectivity index (χ0) is 10.6. The van der Waals surface area contributed by atoms with E-state index in [0.29, 0.717) is 13.2 Å². The van der Waals surface area contributed by atoms with E-state index in [-0.39, 0.29) is 30.0 Å². The van der Waals surface area contributed by atoms with Crippen LogP contribution in [0.1, 0.15) is 27.2 Å². The Morgan fingerprint density at radius 2 is 2.27 bits per heavy atom. The Labute approximate surface area is 97.5 Å². The van der Waals surface area contributed by atoms with E-state index in [1.54, 1.807) is 0 Å². The second-order valence-corrected chi connectivity index (χ2v) is 4.29. The van der Waals surface area contributed by atoms with Crippen LogP contribution < -0.4 is 10.6 Å². The van der Waals surface area contributed by atoms with Gasteiger partial charge in [0.2, 0.25) is 0 Å². The normalized spacial score (nSPS) is 21.7. The van der Waals surface area contributed by atoms with Gasteiger partial charge >= 0.3 is 0 Å². The van der Waals surface area contributed by atoms with Gasteiger partial charge in [0.05, 0.1) is 6.61 Å². The van der Waals surface area contributed by atoms with Crippen molar-refractivity contribution in [1.82, 2.24) is 10.6 Å². The Balaban J connectivity index is 0.00000196. The van der Waals surface area contributed by atoms with Gasteiger partial charge in [0.15, 0.2) is 0 Å². The lowest BCUT2D eigenvalue weighted by atomic mass is 10.0. The molecule has 1 aliphatic heterocycles. The summed E-state index contributed by atoms with van der Waals surface area (Å²) in [6.45, 7) is 8.15. The van der Waals surface area contributed by atoms with Crippen LogP contribution in [0.2, 0.25) is 0 Å². The Morgan fingerprint density at radius 3 is 2.73 bits per heavy atom. The quantitative estimate of drug-likeness (QED) is 0.759. The molecule has 5 heteroatoms. The minimum atomic E-state index is -0.324. The molecule has 0 aromatic heterocycles. The average molecular weight is 237 g/mol. The van der Waals surface area contributed by atoms with Crippen LogP contribution in [0.4, 0.5) is 0 Å². The van der Waals surface area contributed by atoms with Crippen LogP contribution >= 0.6 is 12.4 Å². The van der Waals surface area contributed by atoms with Crippen molar-refractivity contribution >= 4 is 18.3 Å². The summed E-state index contributed by atoms with van der Waals surface area (Å²) in [4.78, 5) is 11.7. The second kappa shape index (κ2) is 6.30. The molecule has 15 heavy (non-hydrogen) atoms. The highest BCUT2D eigenvalue weighted by molar-refractivity contribution is 5.85. The summed E-state index contributed by atoms with van der Waals surface area (Å²) >= 11 is 0. The van der Waals surface area contributed by atoms with E-state index < -0.39 is 0 Å². The monoisotopic (exact) mass is 236 g/mol. The van der Waals surface area contributed by atoms with Crippen LogP contribution in [0.3, 0.4) is 0 Å². The van der Waals surface area contributed by atoms with Crippen molar-refractivity contribution in [3.05, 3.63) is 0 Å². The predicted octanol–water partition coefficient (Wildman–Crippen LogP) is 0.701. The van der Waals surface area contributed by atoms with E-state index in [9.17, 15) is 4.79 Å². The van der Waals surface area contributed by atoms with Gasteiger partial charge in [-0.25, -0.2) is 0 Å². The third kappa shape index (κ3) is 4.82. The first-order valence-electron chi connectivity index (χ1n) is 5.19. The topological polar surface area (TPSA) is 50.4 Å². The first-order valence-corrected chi connectivity index (χ1v) is 5.19. The molecule has 1 amide bonds. The second-order valence-electron chi connectivity index (χ2n) is 4.29. The van der Waals surface area contributed by atoms with Gasteiger partial charge in [-0.05, 0) is 20.3 Å². The maximum absolute atomic E-state index is 11.7. The molecule has 1 heterocycles. The van der Waals surface area contributed by atoms with Gasteiger partial charge in [0, 0.05) is 18.6 Å². The highest BCUT2D eigenvalue weighted by atomic mass is 35.5. The highest BCUT2D eigenvalue weighted by Crippen LogP contribution is 2.08. The maximum atomic E-state index is 11.7. The fourth-order valence-corrected chi connectivity index (χ4v) is 1.24. The zero-order valence-corrected chi connectivity index (χ0v) is 10.4. The number of amides is 1. The minimum absolute atomic E-state index is 0. The summed E-state index contributed by atoms with van der Waals surface area (Å²) in [5.41, 5.74) is -0.141. The number of ether oxygens (including phenoxy) is 1. The highest BCUT2D eigenvalue weighted by Gasteiger charge is 2.26. The number of hydrogen-bond acceptors (Lipinski definition) is 3. The molecule has 0 bridgehead atoms. The molecule has 0 spiro atoms. The summed E-state index contributed by atoms with van der Waals surface area (Å²) < 4.78 is 5.36. The molecule has 1 saturated heterocycles. The lowest BCUT2D eigenvalue weighted by Gasteiger charge is -2.29. The molecular formula is C10H21ClN2O2. The SMILES string of the molecule is CCC(C)(C)NC(=O)[C@@H]1CNCCO1.Cl. The number of carbonyl (C=O) groups excluding carboxylic acids is 1. The summed E-state index contributed by atoms with van der Waals surface area (Å²) in [7, 11) is 0. The Bertz CT molecular complexity index is 204. The maximum Gasteiger partial charge on any atom is 0.250 e. The van der Waals surface area contributed by atoms with Gasteiger partial charge in [-0.2, -0.15) is 0 Å². The molecule has 1 rings (SSSR count). The number of hydrogen-bond donors (Lipinski definition) is 2. The molecule has 0 unspecified atom stereocenters. The minimum Gasteiger partial charge on any atom is -0.366 e. The smallest absolute Gasteiger partial charge is 0.250 e.